The highest BCUT2D eigenvalue weighted by atomic mass is 16.2. The monoisotopic (exact) mass is 289 g/mol. The number of hydrogen-bond acceptors (Lipinski definition) is 4. The molecule has 0 aliphatic carbocycles. The van der Waals surface area contributed by atoms with Gasteiger partial charge in [-0.1, -0.05) is 6.92 Å². The van der Waals surface area contributed by atoms with Crippen LogP contribution in [-0.4, -0.2) is 42.3 Å². The Hall–Kier alpha value is -2.37. The second-order valence-corrected chi connectivity index (χ2v) is 5.05. The number of aryl methyl sites for hydroxylation is 1. The molecule has 3 amide bonds. The number of carbonyl (C=O) groups excluding carboxylic acids is 3. The lowest BCUT2D eigenvalue weighted by Crippen LogP contribution is -2.59. The Kier molecular flexibility index (Phi) is 4.26. The highest BCUT2D eigenvalue weighted by Gasteiger charge is 2.35. The molecule has 0 spiro atoms. The van der Waals surface area contributed by atoms with Gasteiger partial charge in [-0.2, -0.15) is 0 Å². The van der Waals surface area contributed by atoms with E-state index < -0.39 is 17.9 Å². The van der Waals surface area contributed by atoms with Crippen molar-refractivity contribution in [1.29, 1.82) is 0 Å². The molecule has 1 heterocycles. The SMILES string of the molecule is CCC1C(=O)NC(=O)CN1C(=O)c1ccc(NC)c(C)c1. The zero-order valence-corrected chi connectivity index (χ0v) is 12.4. The van der Waals surface area contributed by atoms with E-state index in [0.29, 0.717) is 12.0 Å². The lowest BCUT2D eigenvalue weighted by molar-refractivity contribution is -0.138. The molecule has 1 unspecified atom stereocenters. The molecule has 1 aromatic rings. The minimum atomic E-state index is -0.598. The molecule has 6 nitrogen and oxygen atoms in total. The molecular weight excluding hydrogens is 270 g/mol. The molecule has 21 heavy (non-hydrogen) atoms. The second kappa shape index (κ2) is 5.95. The van der Waals surface area contributed by atoms with Gasteiger partial charge in [-0.15, -0.1) is 0 Å². The van der Waals surface area contributed by atoms with E-state index in [1.54, 1.807) is 12.1 Å². The predicted molar refractivity (Wildman–Crippen MR) is 79.0 cm³/mol. The molecule has 1 atom stereocenters. The number of rotatable bonds is 3. The van der Waals surface area contributed by atoms with Gasteiger partial charge in [0.15, 0.2) is 0 Å². The second-order valence-electron chi connectivity index (χ2n) is 5.05. The molecule has 1 aliphatic heterocycles. The van der Waals surface area contributed by atoms with Gasteiger partial charge in [0.1, 0.15) is 12.6 Å². The van der Waals surface area contributed by atoms with Crippen LogP contribution in [0.25, 0.3) is 0 Å². The van der Waals surface area contributed by atoms with Crippen LogP contribution >= 0.6 is 0 Å². The highest BCUT2D eigenvalue weighted by molar-refractivity contribution is 6.07. The molecule has 112 valence electrons. The zero-order valence-electron chi connectivity index (χ0n) is 12.4. The molecule has 1 aromatic carbocycles. The molecule has 1 fully saturated rings. The van der Waals surface area contributed by atoms with Crippen molar-refractivity contribution in [2.45, 2.75) is 26.3 Å². The Morgan fingerprint density at radius 3 is 2.71 bits per heavy atom. The van der Waals surface area contributed by atoms with Gasteiger partial charge in [0.05, 0.1) is 0 Å². The van der Waals surface area contributed by atoms with Crippen LogP contribution in [0.4, 0.5) is 5.69 Å². The van der Waals surface area contributed by atoms with Crippen molar-refractivity contribution < 1.29 is 14.4 Å². The van der Waals surface area contributed by atoms with Crippen molar-refractivity contribution in [2.24, 2.45) is 0 Å². The van der Waals surface area contributed by atoms with Crippen LogP contribution < -0.4 is 10.6 Å². The summed E-state index contributed by atoms with van der Waals surface area (Å²) in [5, 5.41) is 5.30. The summed E-state index contributed by atoms with van der Waals surface area (Å²) in [5.74, 6) is -1.15. The van der Waals surface area contributed by atoms with Crippen LogP contribution in [0.5, 0.6) is 0 Å². The summed E-state index contributed by atoms with van der Waals surface area (Å²) in [5.41, 5.74) is 2.35. The van der Waals surface area contributed by atoms with Crippen molar-refractivity contribution in [3.05, 3.63) is 29.3 Å². The minimum Gasteiger partial charge on any atom is -0.388 e. The largest absolute Gasteiger partial charge is 0.388 e. The fourth-order valence-electron chi connectivity index (χ4n) is 2.53. The first-order chi connectivity index (χ1) is 9.97. The Bertz CT molecular complexity index is 598. The summed E-state index contributed by atoms with van der Waals surface area (Å²) in [6.45, 7) is 3.62. The maximum Gasteiger partial charge on any atom is 0.255 e. The van der Waals surface area contributed by atoms with Crippen molar-refractivity contribution in [3.63, 3.8) is 0 Å². The fourth-order valence-corrected chi connectivity index (χ4v) is 2.53. The van der Waals surface area contributed by atoms with Gasteiger partial charge in [-0.3, -0.25) is 19.7 Å². The van der Waals surface area contributed by atoms with Crippen LogP contribution in [0.15, 0.2) is 18.2 Å². The van der Waals surface area contributed by atoms with Crippen LogP contribution in [0, 0.1) is 6.92 Å². The standard InChI is InChI=1S/C15H19N3O3/c1-4-12-14(20)17-13(19)8-18(12)15(21)10-5-6-11(16-3)9(2)7-10/h5-7,12,16H,4,8H2,1-3H3,(H,17,19,20). The maximum absolute atomic E-state index is 12.6. The smallest absolute Gasteiger partial charge is 0.255 e. The quantitative estimate of drug-likeness (QED) is 0.811. The van der Waals surface area contributed by atoms with E-state index in [4.69, 9.17) is 0 Å². The molecule has 6 heteroatoms. The molecule has 0 aromatic heterocycles. The summed E-state index contributed by atoms with van der Waals surface area (Å²) in [4.78, 5) is 37.3. The van der Waals surface area contributed by atoms with Crippen molar-refractivity contribution in [2.75, 3.05) is 18.9 Å². The molecule has 2 rings (SSSR count). The van der Waals surface area contributed by atoms with E-state index in [9.17, 15) is 14.4 Å². The Labute approximate surface area is 123 Å². The fraction of sp³-hybridized carbons (Fsp3) is 0.400. The molecule has 0 saturated carbocycles. The molecule has 2 N–H and O–H groups in total. The number of benzene rings is 1. The summed E-state index contributed by atoms with van der Waals surface area (Å²) < 4.78 is 0. The van der Waals surface area contributed by atoms with Crippen LogP contribution in [0.3, 0.4) is 0 Å². The molecular formula is C15H19N3O3. The van der Waals surface area contributed by atoms with Crippen molar-refractivity contribution >= 4 is 23.4 Å². The molecule has 0 radical (unpaired) electrons. The average molecular weight is 289 g/mol. The highest BCUT2D eigenvalue weighted by Crippen LogP contribution is 2.19. The third-order valence-electron chi connectivity index (χ3n) is 3.65. The molecule has 1 aliphatic rings. The summed E-state index contributed by atoms with van der Waals surface area (Å²) >= 11 is 0. The first kappa shape index (κ1) is 15.0. The number of amides is 3. The minimum absolute atomic E-state index is 0.0874. The van der Waals surface area contributed by atoms with Gasteiger partial charge in [-0.05, 0) is 37.1 Å². The summed E-state index contributed by atoms with van der Waals surface area (Å²) in [7, 11) is 1.81. The lowest BCUT2D eigenvalue weighted by atomic mass is 10.0. The number of carbonyl (C=O) groups is 3. The van der Waals surface area contributed by atoms with E-state index in [2.05, 4.69) is 10.6 Å². The average Bonchev–Trinajstić information content (AvgIpc) is 2.45. The number of nitrogens with zero attached hydrogens (tertiary/aromatic N) is 1. The van der Waals surface area contributed by atoms with E-state index in [1.165, 1.54) is 4.90 Å². The Morgan fingerprint density at radius 1 is 1.43 bits per heavy atom. The van der Waals surface area contributed by atoms with Gasteiger partial charge in [-0.25, -0.2) is 0 Å². The van der Waals surface area contributed by atoms with E-state index in [-0.39, 0.29) is 12.5 Å². The van der Waals surface area contributed by atoms with Crippen LogP contribution in [0.1, 0.15) is 29.3 Å². The number of anilines is 1. The number of hydrogen-bond donors (Lipinski definition) is 2. The van der Waals surface area contributed by atoms with Crippen molar-refractivity contribution in [1.82, 2.24) is 10.2 Å². The topological polar surface area (TPSA) is 78.5 Å². The van der Waals surface area contributed by atoms with Gasteiger partial charge >= 0.3 is 0 Å². The van der Waals surface area contributed by atoms with Gasteiger partial charge in [0.25, 0.3) is 5.91 Å². The Morgan fingerprint density at radius 2 is 2.14 bits per heavy atom. The third-order valence-corrected chi connectivity index (χ3v) is 3.65. The first-order valence-corrected chi connectivity index (χ1v) is 6.91. The maximum atomic E-state index is 12.6. The van der Waals surface area contributed by atoms with Gasteiger partial charge in [0, 0.05) is 18.3 Å². The number of nitrogens with one attached hydrogen (secondary N) is 2. The first-order valence-electron chi connectivity index (χ1n) is 6.91. The predicted octanol–water partition coefficient (Wildman–Crippen LogP) is 0.914. The number of piperazine rings is 1. The lowest BCUT2D eigenvalue weighted by Gasteiger charge is -2.33. The van der Waals surface area contributed by atoms with E-state index in [0.717, 1.165) is 11.3 Å². The van der Waals surface area contributed by atoms with Crippen LogP contribution in [0.2, 0.25) is 0 Å². The van der Waals surface area contributed by atoms with E-state index >= 15 is 0 Å². The normalized spacial score (nSPS) is 18.4. The third kappa shape index (κ3) is 2.89. The summed E-state index contributed by atoms with van der Waals surface area (Å²) in [6.07, 6.45) is 0.471. The van der Waals surface area contributed by atoms with E-state index in [1.807, 2.05) is 27.0 Å². The molecule has 1 saturated heterocycles. The van der Waals surface area contributed by atoms with Gasteiger partial charge < -0.3 is 10.2 Å². The van der Waals surface area contributed by atoms with Crippen LogP contribution in [-0.2, 0) is 9.59 Å². The summed E-state index contributed by atoms with van der Waals surface area (Å²) in [6, 6.07) is 4.68. The number of imide groups is 1. The van der Waals surface area contributed by atoms with Crippen molar-refractivity contribution in [3.8, 4) is 0 Å². The Balaban J connectivity index is 2.31. The zero-order chi connectivity index (χ0) is 15.6. The van der Waals surface area contributed by atoms with Gasteiger partial charge in [0.2, 0.25) is 11.8 Å². The molecule has 0 bridgehead atoms.